The lowest BCUT2D eigenvalue weighted by atomic mass is 9.68. The fraction of sp³-hybridized carbons (Fsp3) is 1.00. The van der Waals surface area contributed by atoms with E-state index in [9.17, 15) is 0 Å². The van der Waals surface area contributed by atoms with Crippen molar-refractivity contribution in [3.05, 3.63) is 0 Å². The summed E-state index contributed by atoms with van der Waals surface area (Å²) in [6.45, 7) is 10.9. The van der Waals surface area contributed by atoms with Gasteiger partial charge in [0, 0.05) is 18.1 Å². The first-order valence-corrected chi connectivity index (χ1v) is 8.94. The standard InChI is InChI=1S/C18H36N2/c1-5-20(15-12-10-14(19)11-13-15)17-9-7-6-8-16(17)18(2,3)4/h14-17H,5-13,19H2,1-4H3. The third kappa shape index (κ3) is 3.76. The molecule has 2 aliphatic rings. The lowest BCUT2D eigenvalue weighted by Gasteiger charge is -2.49. The van der Waals surface area contributed by atoms with Crippen LogP contribution in [0, 0.1) is 11.3 Å². The smallest absolute Gasteiger partial charge is 0.0131 e. The van der Waals surface area contributed by atoms with Crippen molar-refractivity contribution >= 4 is 0 Å². The molecule has 0 bridgehead atoms. The minimum atomic E-state index is 0.448. The summed E-state index contributed by atoms with van der Waals surface area (Å²) in [4.78, 5) is 2.86. The molecule has 0 saturated heterocycles. The molecule has 2 unspecified atom stereocenters. The van der Waals surface area contributed by atoms with E-state index in [1.54, 1.807) is 0 Å². The van der Waals surface area contributed by atoms with Gasteiger partial charge in [0.25, 0.3) is 0 Å². The van der Waals surface area contributed by atoms with Crippen LogP contribution in [0.2, 0.25) is 0 Å². The molecule has 2 nitrogen and oxygen atoms in total. The predicted octanol–water partition coefficient (Wildman–Crippen LogP) is 4.18. The maximum absolute atomic E-state index is 6.10. The van der Waals surface area contributed by atoms with Crippen molar-refractivity contribution in [2.24, 2.45) is 17.1 Å². The summed E-state index contributed by atoms with van der Waals surface area (Å²) in [6, 6.07) is 2.08. The van der Waals surface area contributed by atoms with E-state index in [1.807, 2.05) is 0 Å². The molecule has 0 radical (unpaired) electrons. The Bertz CT molecular complexity index is 286. The number of rotatable bonds is 3. The van der Waals surface area contributed by atoms with Crippen molar-refractivity contribution in [2.45, 2.75) is 97.2 Å². The Balaban J connectivity index is 2.08. The first-order chi connectivity index (χ1) is 9.43. The van der Waals surface area contributed by atoms with Crippen molar-refractivity contribution in [3.8, 4) is 0 Å². The van der Waals surface area contributed by atoms with Crippen LogP contribution in [0.4, 0.5) is 0 Å². The molecule has 0 amide bonds. The SMILES string of the molecule is CCN(C1CCC(N)CC1)C1CCCCC1C(C)(C)C. The van der Waals surface area contributed by atoms with Gasteiger partial charge < -0.3 is 5.73 Å². The summed E-state index contributed by atoms with van der Waals surface area (Å²) < 4.78 is 0. The Morgan fingerprint density at radius 2 is 1.55 bits per heavy atom. The minimum absolute atomic E-state index is 0.448. The molecule has 0 aromatic carbocycles. The number of hydrogen-bond acceptors (Lipinski definition) is 2. The Hall–Kier alpha value is -0.0800. The quantitative estimate of drug-likeness (QED) is 0.840. The average molecular weight is 280 g/mol. The fourth-order valence-electron chi connectivity index (χ4n) is 4.72. The normalized spacial score (nSPS) is 36.3. The fourth-order valence-corrected chi connectivity index (χ4v) is 4.72. The number of nitrogens with zero attached hydrogens (tertiary/aromatic N) is 1. The molecule has 20 heavy (non-hydrogen) atoms. The highest BCUT2D eigenvalue weighted by Crippen LogP contribution is 2.41. The zero-order chi connectivity index (χ0) is 14.8. The van der Waals surface area contributed by atoms with Crippen LogP contribution in [0.1, 0.15) is 79.1 Å². The molecule has 0 spiro atoms. The topological polar surface area (TPSA) is 29.3 Å². The van der Waals surface area contributed by atoms with Gasteiger partial charge in [-0.3, -0.25) is 4.90 Å². The van der Waals surface area contributed by atoms with Gasteiger partial charge in [-0.2, -0.15) is 0 Å². The molecule has 2 saturated carbocycles. The van der Waals surface area contributed by atoms with E-state index in [-0.39, 0.29) is 0 Å². The van der Waals surface area contributed by atoms with Crippen LogP contribution < -0.4 is 5.73 Å². The second-order valence-electron chi connectivity index (χ2n) is 8.22. The van der Waals surface area contributed by atoms with Crippen LogP contribution >= 0.6 is 0 Å². The molecule has 0 heterocycles. The largest absolute Gasteiger partial charge is 0.328 e. The molecule has 2 fully saturated rings. The van der Waals surface area contributed by atoms with Gasteiger partial charge in [0.1, 0.15) is 0 Å². The van der Waals surface area contributed by atoms with Gasteiger partial charge in [-0.15, -0.1) is 0 Å². The molecule has 2 heteroatoms. The summed E-state index contributed by atoms with van der Waals surface area (Å²) >= 11 is 0. The lowest BCUT2D eigenvalue weighted by Crippen LogP contribution is -2.52. The van der Waals surface area contributed by atoms with Crippen molar-refractivity contribution in [2.75, 3.05) is 6.54 Å². The van der Waals surface area contributed by atoms with Gasteiger partial charge >= 0.3 is 0 Å². The van der Waals surface area contributed by atoms with Crippen molar-refractivity contribution < 1.29 is 0 Å². The highest BCUT2D eigenvalue weighted by atomic mass is 15.2. The molecular weight excluding hydrogens is 244 g/mol. The van der Waals surface area contributed by atoms with Crippen LogP contribution in [-0.4, -0.2) is 29.6 Å². The van der Waals surface area contributed by atoms with Crippen LogP contribution in [0.5, 0.6) is 0 Å². The Labute approximate surface area is 126 Å². The highest BCUT2D eigenvalue weighted by molar-refractivity contribution is 4.93. The average Bonchev–Trinajstić information content (AvgIpc) is 2.41. The van der Waals surface area contributed by atoms with Gasteiger partial charge in [-0.25, -0.2) is 0 Å². The molecule has 0 aromatic rings. The van der Waals surface area contributed by atoms with Crippen LogP contribution in [0.3, 0.4) is 0 Å². The van der Waals surface area contributed by atoms with Crippen LogP contribution in [0.25, 0.3) is 0 Å². The van der Waals surface area contributed by atoms with E-state index >= 15 is 0 Å². The Kier molecular flexibility index (Phi) is 5.53. The van der Waals surface area contributed by atoms with Crippen molar-refractivity contribution in [1.29, 1.82) is 0 Å². The summed E-state index contributed by atoms with van der Waals surface area (Å²) in [5, 5.41) is 0. The van der Waals surface area contributed by atoms with Gasteiger partial charge in [-0.1, -0.05) is 40.5 Å². The summed E-state index contributed by atoms with van der Waals surface area (Å²) in [5.74, 6) is 0.867. The van der Waals surface area contributed by atoms with E-state index in [4.69, 9.17) is 5.73 Å². The van der Waals surface area contributed by atoms with Crippen LogP contribution in [0.15, 0.2) is 0 Å². The van der Waals surface area contributed by atoms with E-state index in [1.165, 1.54) is 57.9 Å². The van der Waals surface area contributed by atoms with Gasteiger partial charge in [0.15, 0.2) is 0 Å². The molecule has 2 atom stereocenters. The summed E-state index contributed by atoms with van der Waals surface area (Å²) in [6.07, 6.45) is 10.8. The third-order valence-electron chi connectivity index (χ3n) is 5.84. The lowest BCUT2D eigenvalue weighted by molar-refractivity contribution is 0.00690. The molecule has 2 aliphatic carbocycles. The second kappa shape index (κ2) is 6.79. The third-order valence-corrected chi connectivity index (χ3v) is 5.84. The van der Waals surface area contributed by atoms with E-state index in [0.29, 0.717) is 11.5 Å². The Morgan fingerprint density at radius 3 is 2.10 bits per heavy atom. The van der Waals surface area contributed by atoms with Gasteiger partial charge in [0.05, 0.1) is 0 Å². The predicted molar refractivity (Wildman–Crippen MR) is 87.8 cm³/mol. The molecule has 118 valence electrons. The molecule has 2 N–H and O–H groups in total. The van der Waals surface area contributed by atoms with Crippen molar-refractivity contribution in [1.82, 2.24) is 4.90 Å². The minimum Gasteiger partial charge on any atom is -0.328 e. The summed E-state index contributed by atoms with van der Waals surface area (Å²) in [5.41, 5.74) is 6.54. The summed E-state index contributed by atoms with van der Waals surface area (Å²) in [7, 11) is 0. The van der Waals surface area contributed by atoms with E-state index in [0.717, 1.165) is 18.0 Å². The molecule has 0 aliphatic heterocycles. The van der Waals surface area contributed by atoms with Gasteiger partial charge in [-0.05, 0) is 56.4 Å². The van der Waals surface area contributed by atoms with Crippen LogP contribution in [-0.2, 0) is 0 Å². The number of hydrogen-bond donors (Lipinski definition) is 1. The first-order valence-electron chi connectivity index (χ1n) is 8.94. The highest BCUT2D eigenvalue weighted by Gasteiger charge is 2.39. The van der Waals surface area contributed by atoms with E-state index < -0.39 is 0 Å². The van der Waals surface area contributed by atoms with Crippen molar-refractivity contribution in [3.63, 3.8) is 0 Å². The zero-order valence-electron chi connectivity index (χ0n) is 14.2. The molecule has 2 rings (SSSR count). The second-order valence-corrected chi connectivity index (χ2v) is 8.22. The molecule has 0 aromatic heterocycles. The molecular formula is C18H36N2. The maximum atomic E-state index is 6.10. The first kappa shape index (κ1) is 16.3. The monoisotopic (exact) mass is 280 g/mol. The maximum Gasteiger partial charge on any atom is 0.0131 e. The zero-order valence-corrected chi connectivity index (χ0v) is 14.2. The van der Waals surface area contributed by atoms with Gasteiger partial charge in [0.2, 0.25) is 0 Å². The van der Waals surface area contributed by atoms with E-state index in [2.05, 4.69) is 32.6 Å². The number of nitrogens with two attached hydrogens (primary N) is 1. The Morgan fingerprint density at radius 1 is 0.950 bits per heavy atom.